The molecule has 0 radical (unpaired) electrons. The van der Waals surface area contributed by atoms with E-state index in [1.807, 2.05) is 17.5 Å². The van der Waals surface area contributed by atoms with Gasteiger partial charge in [0.2, 0.25) is 11.5 Å². The Balaban J connectivity index is 1.57. The van der Waals surface area contributed by atoms with E-state index < -0.39 is 5.97 Å². The highest BCUT2D eigenvalue weighted by Gasteiger charge is 2.28. The fourth-order valence-electron chi connectivity index (χ4n) is 3.10. The van der Waals surface area contributed by atoms with Crippen molar-refractivity contribution in [3.8, 4) is 28.7 Å². The Morgan fingerprint density at radius 1 is 1.00 bits per heavy atom. The summed E-state index contributed by atoms with van der Waals surface area (Å²) in [7, 11) is 4.40. The number of carbonyl (C=O) groups excluding carboxylic acids is 2. The van der Waals surface area contributed by atoms with E-state index in [1.165, 1.54) is 50.9 Å². The molecule has 7 nitrogen and oxygen atoms in total. The van der Waals surface area contributed by atoms with Gasteiger partial charge in [-0.1, -0.05) is 6.07 Å². The minimum Gasteiger partial charge on any atom is -0.493 e. The second-order valence-electron chi connectivity index (χ2n) is 6.42. The molecule has 2 heterocycles. The largest absolute Gasteiger partial charge is 0.493 e. The zero-order chi connectivity index (χ0) is 22.0. The number of hydrogen-bond donors (Lipinski definition) is 0. The van der Waals surface area contributed by atoms with Gasteiger partial charge in [0.15, 0.2) is 17.3 Å². The van der Waals surface area contributed by atoms with Crippen LogP contribution in [0.1, 0.15) is 25.6 Å². The standard InChI is InChI=1S/C23H18O7S/c1-26-19-9-13(10-20(27-2)22(19)28-3)23(25)29-14-6-7-16-17(11-14)30-18(21(16)24)12-15-5-4-8-31-15/h4-12H,1-3H3/b18-12-. The summed E-state index contributed by atoms with van der Waals surface area (Å²) in [6, 6.07) is 11.4. The Morgan fingerprint density at radius 2 is 1.74 bits per heavy atom. The van der Waals surface area contributed by atoms with Gasteiger partial charge in [0.05, 0.1) is 32.5 Å². The number of thiophene rings is 1. The number of ether oxygens (including phenoxy) is 5. The summed E-state index contributed by atoms with van der Waals surface area (Å²) in [5, 5.41) is 1.92. The molecule has 0 atom stereocenters. The van der Waals surface area contributed by atoms with E-state index in [0.717, 1.165) is 4.88 Å². The molecule has 0 fully saturated rings. The van der Waals surface area contributed by atoms with Gasteiger partial charge in [0.1, 0.15) is 11.5 Å². The fraction of sp³-hybridized carbons (Fsp3) is 0.130. The lowest BCUT2D eigenvalue weighted by molar-refractivity contribution is 0.0733. The van der Waals surface area contributed by atoms with E-state index in [2.05, 4.69) is 0 Å². The monoisotopic (exact) mass is 438 g/mol. The van der Waals surface area contributed by atoms with Gasteiger partial charge in [-0.25, -0.2) is 4.79 Å². The zero-order valence-electron chi connectivity index (χ0n) is 17.0. The Morgan fingerprint density at radius 3 is 2.35 bits per heavy atom. The molecular weight excluding hydrogens is 420 g/mol. The second kappa shape index (κ2) is 8.53. The highest BCUT2D eigenvalue weighted by Crippen LogP contribution is 2.39. The zero-order valence-corrected chi connectivity index (χ0v) is 17.8. The molecule has 0 saturated carbocycles. The smallest absolute Gasteiger partial charge is 0.343 e. The Hall–Kier alpha value is -3.78. The van der Waals surface area contributed by atoms with Crippen LogP contribution in [0.15, 0.2) is 53.6 Å². The molecule has 0 bridgehead atoms. The molecule has 31 heavy (non-hydrogen) atoms. The van der Waals surface area contributed by atoms with Crippen LogP contribution in [0, 0.1) is 0 Å². The normalized spacial score (nSPS) is 13.5. The van der Waals surface area contributed by atoms with Crippen LogP contribution in [0.4, 0.5) is 0 Å². The van der Waals surface area contributed by atoms with Gasteiger partial charge in [-0.3, -0.25) is 4.79 Å². The van der Waals surface area contributed by atoms with Gasteiger partial charge in [-0.15, -0.1) is 11.3 Å². The summed E-state index contributed by atoms with van der Waals surface area (Å²) in [6.07, 6.45) is 1.69. The average Bonchev–Trinajstić information content (AvgIpc) is 3.40. The van der Waals surface area contributed by atoms with Gasteiger partial charge in [0.25, 0.3) is 0 Å². The van der Waals surface area contributed by atoms with Crippen LogP contribution < -0.4 is 23.7 Å². The summed E-state index contributed by atoms with van der Waals surface area (Å²) in [6.45, 7) is 0. The molecule has 0 N–H and O–H groups in total. The van der Waals surface area contributed by atoms with Gasteiger partial charge >= 0.3 is 5.97 Å². The van der Waals surface area contributed by atoms with E-state index in [0.29, 0.717) is 28.6 Å². The second-order valence-corrected chi connectivity index (χ2v) is 7.40. The van der Waals surface area contributed by atoms with Crippen LogP contribution in [0.3, 0.4) is 0 Å². The third-order valence-electron chi connectivity index (χ3n) is 4.57. The lowest BCUT2D eigenvalue weighted by Gasteiger charge is -2.13. The number of allylic oxidation sites excluding steroid dienone is 1. The number of carbonyl (C=O) groups is 2. The molecule has 0 aliphatic carbocycles. The molecule has 0 saturated heterocycles. The highest BCUT2D eigenvalue weighted by molar-refractivity contribution is 7.10. The predicted octanol–water partition coefficient (Wildman–Crippen LogP) is 4.61. The van der Waals surface area contributed by atoms with E-state index in [1.54, 1.807) is 18.2 Å². The van der Waals surface area contributed by atoms with Crippen LogP contribution in [-0.2, 0) is 0 Å². The van der Waals surface area contributed by atoms with E-state index in [-0.39, 0.29) is 22.9 Å². The summed E-state index contributed by atoms with van der Waals surface area (Å²) in [4.78, 5) is 26.1. The van der Waals surface area contributed by atoms with Crippen molar-refractivity contribution in [2.45, 2.75) is 0 Å². The fourth-order valence-corrected chi connectivity index (χ4v) is 3.74. The first kappa shape index (κ1) is 20.5. The Bertz CT molecular complexity index is 1150. The summed E-state index contributed by atoms with van der Waals surface area (Å²) >= 11 is 1.50. The van der Waals surface area contributed by atoms with Crippen molar-refractivity contribution >= 4 is 29.2 Å². The van der Waals surface area contributed by atoms with Crippen molar-refractivity contribution in [2.24, 2.45) is 0 Å². The van der Waals surface area contributed by atoms with E-state index >= 15 is 0 Å². The lowest BCUT2D eigenvalue weighted by Crippen LogP contribution is -2.09. The van der Waals surface area contributed by atoms with Crippen LogP contribution in [0.2, 0.25) is 0 Å². The molecule has 0 spiro atoms. The number of rotatable bonds is 6. The third kappa shape index (κ3) is 3.97. The minimum atomic E-state index is -0.627. The molecule has 4 rings (SSSR count). The average molecular weight is 438 g/mol. The summed E-state index contributed by atoms with van der Waals surface area (Å²) in [5.41, 5.74) is 0.626. The molecule has 1 aliphatic heterocycles. The van der Waals surface area contributed by atoms with Gasteiger partial charge in [0, 0.05) is 17.0 Å². The number of ketones is 1. The molecule has 0 amide bonds. The van der Waals surface area contributed by atoms with Crippen molar-refractivity contribution in [1.29, 1.82) is 0 Å². The number of esters is 1. The van der Waals surface area contributed by atoms with Crippen molar-refractivity contribution in [2.75, 3.05) is 21.3 Å². The van der Waals surface area contributed by atoms with Crippen LogP contribution in [0.5, 0.6) is 28.7 Å². The topological polar surface area (TPSA) is 80.3 Å². The number of methoxy groups -OCH3 is 3. The van der Waals surface area contributed by atoms with Crippen LogP contribution in [0.25, 0.3) is 6.08 Å². The molecule has 8 heteroatoms. The molecule has 3 aromatic rings. The maximum atomic E-state index is 12.7. The van der Waals surface area contributed by atoms with Crippen LogP contribution in [-0.4, -0.2) is 33.1 Å². The first-order chi connectivity index (χ1) is 15.0. The van der Waals surface area contributed by atoms with E-state index in [4.69, 9.17) is 23.7 Å². The number of fused-ring (bicyclic) bond motifs is 1. The maximum Gasteiger partial charge on any atom is 0.343 e. The molecule has 0 unspecified atom stereocenters. The van der Waals surface area contributed by atoms with Gasteiger partial charge in [-0.05, 0) is 35.7 Å². The molecule has 1 aliphatic rings. The van der Waals surface area contributed by atoms with Gasteiger partial charge < -0.3 is 23.7 Å². The van der Waals surface area contributed by atoms with Crippen molar-refractivity contribution in [1.82, 2.24) is 0 Å². The number of benzene rings is 2. The lowest BCUT2D eigenvalue weighted by atomic mass is 10.1. The molecular formula is C23H18O7S. The van der Waals surface area contributed by atoms with Crippen LogP contribution >= 0.6 is 11.3 Å². The first-order valence-corrected chi connectivity index (χ1v) is 10.1. The number of hydrogen-bond acceptors (Lipinski definition) is 8. The molecule has 1 aromatic heterocycles. The molecule has 158 valence electrons. The third-order valence-corrected chi connectivity index (χ3v) is 5.39. The Kier molecular flexibility index (Phi) is 5.64. The minimum absolute atomic E-state index is 0.213. The quantitative estimate of drug-likeness (QED) is 0.316. The number of Topliss-reactive ketones (excluding diaryl/α,β-unsaturated/α-hetero) is 1. The summed E-state index contributed by atoms with van der Waals surface area (Å²) < 4.78 is 27.0. The van der Waals surface area contributed by atoms with Crippen molar-refractivity contribution < 1.29 is 33.3 Å². The van der Waals surface area contributed by atoms with E-state index in [9.17, 15) is 9.59 Å². The first-order valence-electron chi connectivity index (χ1n) is 9.18. The maximum absolute atomic E-state index is 12.7. The Labute approximate surface area is 182 Å². The highest BCUT2D eigenvalue weighted by atomic mass is 32.1. The van der Waals surface area contributed by atoms with Crippen molar-refractivity contribution in [3.05, 3.63) is 69.6 Å². The van der Waals surface area contributed by atoms with Gasteiger partial charge in [-0.2, -0.15) is 0 Å². The molecule has 2 aromatic carbocycles. The predicted molar refractivity (Wildman–Crippen MR) is 115 cm³/mol. The SMILES string of the molecule is COc1cc(C(=O)Oc2ccc3c(c2)O/C(=C\c2cccs2)C3=O)cc(OC)c1OC. The summed E-state index contributed by atoms with van der Waals surface area (Å²) in [5.74, 6) is 0.996. The van der Waals surface area contributed by atoms with Crippen molar-refractivity contribution in [3.63, 3.8) is 0 Å².